The van der Waals surface area contributed by atoms with Gasteiger partial charge in [-0.1, -0.05) is 70.4 Å². The number of quaternary nitrogens is 1. The molecule has 4 nitrogen and oxygen atoms in total. The van der Waals surface area contributed by atoms with Crippen LogP contribution in [0.2, 0.25) is 0 Å². The van der Waals surface area contributed by atoms with Crippen LogP contribution < -0.4 is 5.32 Å². The number of hydrogen-bond acceptors (Lipinski definition) is 2. The zero-order valence-corrected chi connectivity index (χ0v) is 18.4. The van der Waals surface area contributed by atoms with Gasteiger partial charge in [0, 0.05) is 19.4 Å². The van der Waals surface area contributed by atoms with Gasteiger partial charge in [0.05, 0.1) is 20.6 Å². The van der Waals surface area contributed by atoms with Crippen LogP contribution in [0, 0.1) is 5.21 Å². The van der Waals surface area contributed by atoms with Crippen molar-refractivity contribution in [3.63, 3.8) is 0 Å². The molecule has 0 spiro atoms. The monoisotopic (exact) mass is 382 g/mol. The van der Waals surface area contributed by atoms with Gasteiger partial charge in [0.2, 0.25) is 5.91 Å². The smallest absolute Gasteiger partial charge is 0.219 e. The second kappa shape index (κ2) is 18.5. The summed E-state index contributed by atoms with van der Waals surface area (Å²) in [6, 6.07) is 0. The fourth-order valence-electron chi connectivity index (χ4n) is 3.13. The molecular formula is C23H46N2O2. The standard InChI is InChI=1S/C23H46N2O2/c1-4-5-6-7-8-9-10-11-12-13-14-15-16-17-18-20-23(26)24-21-19-22-25(2,3)27/h11-12H,4-10,13-22H2,1-3H3,(H,24,26). The quantitative estimate of drug-likeness (QED) is 0.127. The maximum atomic E-state index is 11.7. The fourth-order valence-corrected chi connectivity index (χ4v) is 3.13. The highest BCUT2D eigenvalue weighted by molar-refractivity contribution is 5.75. The number of carbonyl (C=O) groups is 1. The lowest BCUT2D eigenvalue weighted by Crippen LogP contribution is -2.35. The van der Waals surface area contributed by atoms with Crippen LogP contribution in [0.1, 0.15) is 103 Å². The lowest BCUT2D eigenvalue weighted by Gasteiger charge is -2.33. The van der Waals surface area contributed by atoms with Crippen molar-refractivity contribution in [3.05, 3.63) is 17.4 Å². The Kier molecular flexibility index (Phi) is 17.9. The zero-order valence-electron chi connectivity index (χ0n) is 18.4. The number of unbranched alkanes of at least 4 members (excludes halogenated alkanes) is 11. The van der Waals surface area contributed by atoms with Gasteiger partial charge in [-0.25, -0.2) is 0 Å². The Morgan fingerprint density at radius 3 is 1.89 bits per heavy atom. The molecule has 160 valence electrons. The van der Waals surface area contributed by atoms with Crippen molar-refractivity contribution in [2.75, 3.05) is 27.2 Å². The number of carbonyl (C=O) groups excluding carboxylic acids is 1. The molecular weight excluding hydrogens is 336 g/mol. The minimum Gasteiger partial charge on any atom is -0.633 e. The molecule has 0 saturated heterocycles. The SMILES string of the molecule is CCCCCCCCC=CCCCCCCCC(=O)NCCC[N+](C)(C)[O-]. The summed E-state index contributed by atoms with van der Waals surface area (Å²) >= 11 is 0. The van der Waals surface area contributed by atoms with Crippen molar-refractivity contribution in [2.45, 2.75) is 103 Å². The zero-order chi connectivity index (χ0) is 20.2. The van der Waals surface area contributed by atoms with E-state index in [1.807, 2.05) is 0 Å². The van der Waals surface area contributed by atoms with E-state index in [1.54, 1.807) is 14.1 Å². The predicted octanol–water partition coefficient (Wildman–Crippen LogP) is 6.10. The van der Waals surface area contributed by atoms with E-state index in [2.05, 4.69) is 24.4 Å². The molecule has 0 heterocycles. The lowest BCUT2D eigenvalue weighted by atomic mass is 10.1. The van der Waals surface area contributed by atoms with Crippen LogP contribution in [0.5, 0.6) is 0 Å². The molecule has 0 atom stereocenters. The van der Waals surface area contributed by atoms with E-state index in [1.165, 1.54) is 70.6 Å². The van der Waals surface area contributed by atoms with E-state index in [0.29, 0.717) is 19.5 Å². The third-order valence-electron chi connectivity index (χ3n) is 4.86. The highest BCUT2D eigenvalue weighted by Crippen LogP contribution is 2.10. The average Bonchev–Trinajstić information content (AvgIpc) is 2.61. The summed E-state index contributed by atoms with van der Waals surface area (Å²) in [5, 5.41) is 14.3. The first-order valence-electron chi connectivity index (χ1n) is 11.4. The predicted molar refractivity (Wildman–Crippen MR) is 117 cm³/mol. The minimum absolute atomic E-state index is 0.129. The molecule has 0 fully saturated rings. The Balaban J connectivity index is 3.26. The molecule has 0 saturated carbocycles. The highest BCUT2D eigenvalue weighted by Gasteiger charge is 2.03. The average molecular weight is 383 g/mol. The van der Waals surface area contributed by atoms with Crippen LogP contribution in [0.3, 0.4) is 0 Å². The van der Waals surface area contributed by atoms with Gasteiger partial charge in [-0.3, -0.25) is 4.79 Å². The Labute approximate surface area is 169 Å². The normalized spacial score (nSPS) is 12.0. The maximum absolute atomic E-state index is 11.7. The van der Waals surface area contributed by atoms with Gasteiger partial charge in [0.25, 0.3) is 0 Å². The number of nitrogens with zero attached hydrogens (tertiary/aromatic N) is 1. The van der Waals surface area contributed by atoms with Crippen LogP contribution in [-0.2, 0) is 4.79 Å². The van der Waals surface area contributed by atoms with Crippen molar-refractivity contribution < 1.29 is 9.44 Å². The highest BCUT2D eigenvalue weighted by atomic mass is 16.5. The lowest BCUT2D eigenvalue weighted by molar-refractivity contribution is -0.840. The summed E-state index contributed by atoms with van der Waals surface area (Å²) in [4.78, 5) is 11.7. The summed E-state index contributed by atoms with van der Waals surface area (Å²) in [7, 11) is 3.26. The molecule has 0 bridgehead atoms. The molecule has 0 aliphatic carbocycles. The van der Waals surface area contributed by atoms with E-state index >= 15 is 0 Å². The van der Waals surface area contributed by atoms with E-state index in [-0.39, 0.29) is 10.6 Å². The Morgan fingerprint density at radius 1 is 0.815 bits per heavy atom. The third-order valence-corrected chi connectivity index (χ3v) is 4.86. The molecule has 0 aromatic rings. The number of allylic oxidation sites excluding steroid dienone is 2. The molecule has 27 heavy (non-hydrogen) atoms. The number of hydroxylamine groups is 3. The van der Waals surface area contributed by atoms with Crippen LogP contribution in [0.15, 0.2) is 12.2 Å². The van der Waals surface area contributed by atoms with Gasteiger partial charge < -0.3 is 15.2 Å². The van der Waals surface area contributed by atoms with Crippen LogP contribution in [-0.4, -0.2) is 37.7 Å². The topological polar surface area (TPSA) is 52.2 Å². The van der Waals surface area contributed by atoms with Gasteiger partial charge in [0.1, 0.15) is 0 Å². The second-order valence-electron chi connectivity index (χ2n) is 8.34. The van der Waals surface area contributed by atoms with E-state index in [9.17, 15) is 10.0 Å². The summed E-state index contributed by atoms with van der Waals surface area (Å²) in [5.41, 5.74) is 0. The van der Waals surface area contributed by atoms with Crippen LogP contribution >= 0.6 is 0 Å². The third kappa shape index (κ3) is 23.1. The first kappa shape index (κ1) is 26.1. The molecule has 0 radical (unpaired) electrons. The fraction of sp³-hybridized carbons (Fsp3) is 0.870. The maximum Gasteiger partial charge on any atom is 0.219 e. The molecule has 0 aliphatic heterocycles. The van der Waals surface area contributed by atoms with Crippen LogP contribution in [0.25, 0.3) is 0 Å². The van der Waals surface area contributed by atoms with E-state index < -0.39 is 0 Å². The molecule has 1 N–H and O–H groups in total. The second-order valence-corrected chi connectivity index (χ2v) is 8.34. The minimum atomic E-state index is -0.288. The Hall–Kier alpha value is -0.870. The number of hydrogen-bond donors (Lipinski definition) is 1. The van der Waals surface area contributed by atoms with Gasteiger partial charge in [0.15, 0.2) is 0 Å². The van der Waals surface area contributed by atoms with Gasteiger partial charge in [-0.05, 0) is 32.1 Å². The number of amides is 1. The van der Waals surface area contributed by atoms with Crippen molar-refractivity contribution >= 4 is 5.91 Å². The van der Waals surface area contributed by atoms with Crippen LogP contribution in [0.4, 0.5) is 0 Å². The first-order chi connectivity index (χ1) is 13.0. The van der Waals surface area contributed by atoms with Crippen molar-refractivity contribution in [1.82, 2.24) is 5.32 Å². The van der Waals surface area contributed by atoms with Crippen molar-refractivity contribution in [1.29, 1.82) is 0 Å². The van der Waals surface area contributed by atoms with E-state index in [0.717, 1.165) is 19.3 Å². The number of rotatable bonds is 19. The van der Waals surface area contributed by atoms with Gasteiger partial charge in [-0.15, -0.1) is 0 Å². The Morgan fingerprint density at radius 2 is 1.33 bits per heavy atom. The molecule has 0 unspecified atom stereocenters. The molecule has 0 aromatic carbocycles. The molecule has 0 rings (SSSR count). The van der Waals surface area contributed by atoms with E-state index in [4.69, 9.17) is 0 Å². The van der Waals surface area contributed by atoms with Crippen molar-refractivity contribution in [2.24, 2.45) is 0 Å². The summed E-state index contributed by atoms with van der Waals surface area (Å²) in [6.45, 7) is 3.43. The number of nitrogens with one attached hydrogen (secondary N) is 1. The molecule has 0 aliphatic rings. The molecule has 4 heteroatoms. The van der Waals surface area contributed by atoms with Crippen molar-refractivity contribution in [3.8, 4) is 0 Å². The van der Waals surface area contributed by atoms with Gasteiger partial charge in [-0.2, -0.15) is 0 Å². The molecule has 1 amide bonds. The van der Waals surface area contributed by atoms with Gasteiger partial charge >= 0.3 is 0 Å². The Bertz CT molecular complexity index is 362. The largest absolute Gasteiger partial charge is 0.633 e. The first-order valence-corrected chi connectivity index (χ1v) is 11.4. The summed E-state index contributed by atoms with van der Waals surface area (Å²) < 4.78 is -0.288. The summed E-state index contributed by atoms with van der Waals surface area (Å²) in [5.74, 6) is 0.129. The molecule has 0 aromatic heterocycles. The summed E-state index contributed by atoms with van der Waals surface area (Å²) in [6.07, 6.45) is 22.6.